The number of carbonyl (C=O) groups is 1. The Morgan fingerprint density at radius 3 is 2.19 bits per heavy atom. The van der Waals surface area contributed by atoms with Gasteiger partial charge in [-0.05, 0) is 40.0 Å². The van der Waals surface area contributed by atoms with Crippen LogP contribution in [0.25, 0.3) is 0 Å². The van der Waals surface area contributed by atoms with E-state index in [2.05, 4.69) is 33.8 Å². The van der Waals surface area contributed by atoms with Gasteiger partial charge in [0.05, 0.1) is 18.8 Å². The first-order valence-corrected chi connectivity index (χ1v) is 8.36. The number of aliphatic hydroxyl groups excluding tert-OH is 1. The van der Waals surface area contributed by atoms with E-state index in [0.717, 1.165) is 32.1 Å². The van der Waals surface area contributed by atoms with Gasteiger partial charge in [0, 0.05) is 12.3 Å². The fourth-order valence-electron chi connectivity index (χ4n) is 2.50. The number of rotatable bonds is 12. The number of aliphatic hydroxyl groups is 1. The molecule has 21 heavy (non-hydrogen) atoms. The standard InChI is InChI=1S/C18H34O3/c1-6-8-16(9-7-2)18(20)12-17(13-19)21-15(5)11-10-14(3)4/h10,15-17,19H,6-9,11-13H2,1-5H3. The van der Waals surface area contributed by atoms with E-state index < -0.39 is 0 Å². The lowest BCUT2D eigenvalue weighted by molar-refractivity contribution is -0.128. The van der Waals surface area contributed by atoms with E-state index >= 15 is 0 Å². The molecule has 0 bridgehead atoms. The van der Waals surface area contributed by atoms with Gasteiger partial charge in [0.25, 0.3) is 0 Å². The highest BCUT2D eigenvalue weighted by molar-refractivity contribution is 5.81. The highest BCUT2D eigenvalue weighted by Gasteiger charge is 2.22. The third kappa shape index (κ3) is 9.81. The Morgan fingerprint density at radius 2 is 1.76 bits per heavy atom. The van der Waals surface area contributed by atoms with E-state index in [1.54, 1.807) is 0 Å². The van der Waals surface area contributed by atoms with Crippen molar-refractivity contribution in [2.45, 2.75) is 85.4 Å². The van der Waals surface area contributed by atoms with Gasteiger partial charge >= 0.3 is 0 Å². The maximum absolute atomic E-state index is 12.3. The van der Waals surface area contributed by atoms with Crippen LogP contribution in [-0.4, -0.2) is 29.7 Å². The van der Waals surface area contributed by atoms with Crippen molar-refractivity contribution in [3.05, 3.63) is 11.6 Å². The fraction of sp³-hybridized carbons (Fsp3) is 0.833. The first kappa shape index (κ1) is 20.3. The fourth-order valence-corrected chi connectivity index (χ4v) is 2.50. The molecule has 0 fully saturated rings. The zero-order chi connectivity index (χ0) is 16.3. The van der Waals surface area contributed by atoms with Crippen LogP contribution in [0.2, 0.25) is 0 Å². The largest absolute Gasteiger partial charge is 0.394 e. The molecule has 1 N–H and O–H groups in total. The van der Waals surface area contributed by atoms with Gasteiger partial charge < -0.3 is 9.84 Å². The third-order valence-corrected chi connectivity index (χ3v) is 3.64. The lowest BCUT2D eigenvalue weighted by Gasteiger charge is -2.22. The molecule has 3 nitrogen and oxygen atoms in total. The average molecular weight is 298 g/mol. The van der Waals surface area contributed by atoms with Gasteiger partial charge in [0.15, 0.2) is 0 Å². The van der Waals surface area contributed by atoms with E-state index in [-0.39, 0.29) is 30.5 Å². The Hall–Kier alpha value is -0.670. The van der Waals surface area contributed by atoms with Gasteiger partial charge in [0.2, 0.25) is 0 Å². The Labute approximate surface area is 130 Å². The quantitative estimate of drug-likeness (QED) is 0.547. The zero-order valence-corrected chi connectivity index (χ0v) is 14.5. The molecular formula is C18H34O3. The van der Waals surface area contributed by atoms with E-state index in [1.165, 1.54) is 5.57 Å². The average Bonchev–Trinajstić information content (AvgIpc) is 2.44. The molecule has 0 aliphatic rings. The SMILES string of the molecule is CCCC(CCC)C(=O)CC(CO)OC(C)CC=C(C)C. The van der Waals surface area contributed by atoms with Gasteiger partial charge in [-0.3, -0.25) is 4.79 Å². The van der Waals surface area contributed by atoms with Crippen LogP contribution in [0, 0.1) is 5.92 Å². The van der Waals surface area contributed by atoms with Crippen molar-refractivity contribution >= 4 is 5.78 Å². The van der Waals surface area contributed by atoms with Crippen molar-refractivity contribution < 1.29 is 14.6 Å². The summed E-state index contributed by atoms with van der Waals surface area (Å²) in [5, 5.41) is 9.45. The van der Waals surface area contributed by atoms with Crippen LogP contribution in [0.1, 0.15) is 73.1 Å². The van der Waals surface area contributed by atoms with Crippen LogP contribution in [0.3, 0.4) is 0 Å². The molecular weight excluding hydrogens is 264 g/mol. The third-order valence-electron chi connectivity index (χ3n) is 3.64. The number of carbonyl (C=O) groups excluding carboxylic acids is 1. The summed E-state index contributed by atoms with van der Waals surface area (Å²) in [4.78, 5) is 12.3. The Morgan fingerprint density at radius 1 is 1.19 bits per heavy atom. The summed E-state index contributed by atoms with van der Waals surface area (Å²) in [5.41, 5.74) is 1.26. The van der Waals surface area contributed by atoms with Crippen molar-refractivity contribution in [3.63, 3.8) is 0 Å². The van der Waals surface area contributed by atoms with Crippen LogP contribution in [-0.2, 0) is 9.53 Å². The molecule has 3 heteroatoms. The second-order valence-corrected chi connectivity index (χ2v) is 6.21. The molecule has 0 rings (SSSR count). The predicted octanol–water partition coefficient (Wildman–Crippen LogP) is 4.28. The maximum atomic E-state index is 12.3. The summed E-state index contributed by atoms with van der Waals surface area (Å²) < 4.78 is 5.81. The summed E-state index contributed by atoms with van der Waals surface area (Å²) in [6.07, 6.45) is 6.88. The summed E-state index contributed by atoms with van der Waals surface area (Å²) >= 11 is 0. The van der Waals surface area contributed by atoms with Crippen LogP contribution >= 0.6 is 0 Å². The van der Waals surface area contributed by atoms with Gasteiger partial charge in [-0.25, -0.2) is 0 Å². The van der Waals surface area contributed by atoms with E-state index in [4.69, 9.17) is 4.74 Å². The van der Waals surface area contributed by atoms with E-state index in [0.29, 0.717) is 6.42 Å². The Balaban J connectivity index is 4.39. The lowest BCUT2D eigenvalue weighted by atomic mass is 9.91. The van der Waals surface area contributed by atoms with E-state index in [9.17, 15) is 9.90 Å². The molecule has 0 saturated carbocycles. The molecule has 0 saturated heterocycles. The molecule has 0 heterocycles. The molecule has 0 spiro atoms. The smallest absolute Gasteiger partial charge is 0.138 e. The number of allylic oxidation sites excluding steroid dienone is 1. The molecule has 0 aliphatic carbocycles. The van der Waals surface area contributed by atoms with Gasteiger partial charge in [-0.15, -0.1) is 0 Å². The van der Waals surface area contributed by atoms with Crippen molar-refractivity contribution in [2.24, 2.45) is 5.92 Å². The molecule has 2 unspecified atom stereocenters. The minimum Gasteiger partial charge on any atom is -0.394 e. The second-order valence-electron chi connectivity index (χ2n) is 6.21. The number of ether oxygens (including phenoxy) is 1. The van der Waals surface area contributed by atoms with Gasteiger partial charge in [-0.1, -0.05) is 38.3 Å². The lowest BCUT2D eigenvalue weighted by Crippen LogP contribution is -2.29. The van der Waals surface area contributed by atoms with Gasteiger partial charge in [-0.2, -0.15) is 0 Å². The minimum absolute atomic E-state index is 0.0284. The highest BCUT2D eigenvalue weighted by atomic mass is 16.5. The van der Waals surface area contributed by atoms with Crippen molar-refractivity contribution in [2.75, 3.05) is 6.61 Å². The Bertz CT molecular complexity index is 300. The minimum atomic E-state index is -0.366. The Kier molecular flexibility index (Phi) is 11.6. The number of hydrogen-bond acceptors (Lipinski definition) is 3. The molecule has 0 amide bonds. The molecule has 124 valence electrons. The molecule has 0 aromatic rings. The van der Waals surface area contributed by atoms with Crippen molar-refractivity contribution in [1.29, 1.82) is 0 Å². The first-order chi connectivity index (χ1) is 9.94. The van der Waals surface area contributed by atoms with E-state index in [1.807, 2.05) is 6.92 Å². The van der Waals surface area contributed by atoms with Crippen LogP contribution in [0.5, 0.6) is 0 Å². The number of hydrogen-bond donors (Lipinski definition) is 1. The van der Waals surface area contributed by atoms with Gasteiger partial charge in [0.1, 0.15) is 5.78 Å². The summed E-state index contributed by atoms with van der Waals surface area (Å²) in [6, 6.07) is 0. The molecule has 0 aliphatic heterocycles. The zero-order valence-electron chi connectivity index (χ0n) is 14.5. The first-order valence-electron chi connectivity index (χ1n) is 8.36. The van der Waals surface area contributed by atoms with Crippen LogP contribution < -0.4 is 0 Å². The van der Waals surface area contributed by atoms with Crippen molar-refractivity contribution in [3.8, 4) is 0 Å². The maximum Gasteiger partial charge on any atom is 0.138 e. The summed E-state index contributed by atoms with van der Waals surface area (Å²) in [7, 11) is 0. The van der Waals surface area contributed by atoms with Crippen molar-refractivity contribution in [1.82, 2.24) is 0 Å². The molecule has 0 radical (unpaired) electrons. The predicted molar refractivity (Wildman–Crippen MR) is 88.4 cm³/mol. The highest BCUT2D eigenvalue weighted by Crippen LogP contribution is 2.19. The topological polar surface area (TPSA) is 46.5 Å². The second kappa shape index (κ2) is 11.9. The monoisotopic (exact) mass is 298 g/mol. The number of ketones is 1. The molecule has 0 aromatic heterocycles. The molecule has 2 atom stereocenters. The van der Waals surface area contributed by atoms with Crippen LogP contribution in [0.15, 0.2) is 11.6 Å². The summed E-state index contributed by atoms with van der Waals surface area (Å²) in [6.45, 7) is 10.2. The number of Topliss-reactive ketones (excluding diaryl/α,β-unsaturated/α-hetero) is 1. The normalized spacial score (nSPS) is 14.0. The van der Waals surface area contributed by atoms with Crippen LogP contribution in [0.4, 0.5) is 0 Å². The molecule has 0 aromatic carbocycles. The summed E-state index contributed by atoms with van der Waals surface area (Å²) in [5.74, 6) is 0.373.